The van der Waals surface area contributed by atoms with Crippen molar-refractivity contribution >= 4 is 10.4 Å². The van der Waals surface area contributed by atoms with Crippen molar-refractivity contribution in [3.63, 3.8) is 0 Å². The van der Waals surface area contributed by atoms with Crippen LogP contribution in [0.4, 0.5) is 0 Å². The Morgan fingerprint density at radius 3 is 2.22 bits per heavy atom. The topological polar surface area (TPSA) is 203 Å². The normalized spacial score (nSPS) is 49.8. The largest absolute Gasteiger partial charge is 0.397 e. The minimum absolute atomic E-state index is 0.0262. The molecule has 3 unspecified atom stereocenters. The maximum Gasteiger partial charge on any atom is 0.397 e. The molecule has 5 fully saturated rings. The fourth-order valence-electron chi connectivity index (χ4n) is 10.9. The van der Waals surface area contributed by atoms with Crippen LogP contribution in [0.3, 0.4) is 0 Å². The highest BCUT2D eigenvalue weighted by Crippen LogP contribution is 2.69. The molecule has 5 rings (SSSR count). The van der Waals surface area contributed by atoms with E-state index < -0.39 is 65.5 Å². The first kappa shape index (κ1) is 35.8. The van der Waals surface area contributed by atoms with E-state index in [2.05, 4.69) is 25.0 Å². The van der Waals surface area contributed by atoms with E-state index in [1.54, 1.807) is 0 Å². The predicted octanol–water partition coefficient (Wildman–Crippen LogP) is 1.79. The van der Waals surface area contributed by atoms with Crippen molar-refractivity contribution in [2.45, 2.75) is 147 Å². The Kier molecular flexibility index (Phi) is 10.2. The van der Waals surface area contributed by atoms with Gasteiger partial charge in [-0.25, -0.2) is 4.18 Å². The number of rotatable bonds is 10. The molecule has 4 saturated carbocycles. The number of fused-ring (bicyclic) bond motifs is 5. The van der Waals surface area contributed by atoms with Crippen LogP contribution in [0.25, 0.3) is 0 Å². The maximum absolute atomic E-state index is 12.5. The Morgan fingerprint density at radius 1 is 0.911 bits per heavy atom. The molecule has 12 nitrogen and oxygen atoms in total. The zero-order valence-corrected chi connectivity index (χ0v) is 28.1. The highest BCUT2D eigenvalue weighted by Gasteiger charge is 2.70. The number of aliphatic hydroxyl groups is 6. The molecule has 0 bridgehead atoms. The van der Waals surface area contributed by atoms with Crippen molar-refractivity contribution < 1.29 is 57.3 Å². The Morgan fingerprint density at radius 2 is 1.58 bits per heavy atom. The lowest BCUT2D eigenvalue weighted by atomic mass is 9.42. The Hall–Kier alpha value is -0.450. The predicted molar refractivity (Wildman–Crippen MR) is 162 cm³/mol. The van der Waals surface area contributed by atoms with Crippen LogP contribution >= 0.6 is 0 Å². The number of hydrogen-bond donors (Lipinski definition) is 7. The summed E-state index contributed by atoms with van der Waals surface area (Å²) in [5.41, 5.74) is -1.81. The molecule has 45 heavy (non-hydrogen) atoms. The van der Waals surface area contributed by atoms with E-state index in [4.69, 9.17) is 14.0 Å². The Bertz CT molecular complexity index is 1150. The minimum Gasteiger partial charge on any atom is -0.393 e. The van der Waals surface area contributed by atoms with Crippen LogP contribution in [0.2, 0.25) is 0 Å². The van der Waals surface area contributed by atoms with Crippen molar-refractivity contribution in [1.82, 2.24) is 0 Å². The Labute approximate surface area is 267 Å². The van der Waals surface area contributed by atoms with Crippen molar-refractivity contribution in [2.75, 3.05) is 6.61 Å². The average Bonchev–Trinajstić information content (AvgIpc) is 3.37. The number of aliphatic hydroxyl groups excluding tert-OH is 5. The molecule has 7 N–H and O–H groups in total. The fourth-order valence-corrected chi connectivity index (χ4v) is 11.2. The number of ether oxygens (including phenoxy) is 2. The molecule has 0 amide bonds. The Balaban J connectivity index is 1.25. The summed E-state index contributed by atoms with van der Waals surface area (Å²) in [6, 6.07) is 0. The van der Waals surface area contributed by atoms with Crippen molar-refractivity contribution in [2.24, 2.45) is 46.3 Å². The number of hydrogen-bond acceptors (Lipinski definition) is 11. The molecule has 13 heteroatoms. The molecule has 5 aliphatic rings. The van der Waals surface area contributed by atoms with E-state index in [9.17, 15) is 39.1 Å². The van der Waals surface area contributed by atoms with Gasteiger partial charge in [0.05, 0.1) is 36.6 Å². The first-order chi connectivity index (χ1) is 20.8. The van der Waals surface area contributed by atoms with Crippen LogP contribution in [0, 0.1) is 46.3 Å². The third-order valence-electron chi connectivity index (χ3n) is 13.1. The van der Waals surface area contributed by atoms with Gasteiger partial charge in [0.25, 0.3) is 0 Å². The van der Waals surface area contributed by atoms with Crippen LogP contribution in [0.15, 0.2) is 0 Å². The summed E-state index contributed by atoms with van der Waals surface area (Å²) in [4.78, 5) is 0. The van der Waals surface area contributed by atoms with Gasteiger partial charge in [-0.1, -0.05) is 34.6 Å². The van der Waals surface area contributed by atoms with Crippen LogP contribution in [0.5, 0.6) is 0 Å². The quantitative estimate of drug-likeness (QED) is 0.167. The van der Waals surface area contributed by atoms with Gasteiger partial charge in [0, 0.05) is 12.3 Å². The maximum atomic E-state index is 12.5. The second-order valence-corrected chi connectivity index (χ2v) is 17.1. The molecule has 16 atom stereocenters. The molecule has 0 aromatic heterocycles. The van der Waals surface area contributed by atoms with Crippen molar-refractivity contribution in [3.05, 3.63) is 0 Å². The lowest BCUT2D eigenvalue weighted by molar-refractivity contribution is -0.263. The van der Waals surface area contributed by atoms with E-state index in [0.717, 1.165) is 25.7 Å². The van der Waals surface area contributed by atoms with Gasteiger partial charge in [-0.05, 0) is 91.8 Å². The summed E-state index contributed by atoms with van der Waals surface area (Å²) < 4.78 is 46.8. The van der Waals surface area contributed by atoms with Crippen molar-refractivity contribution in [1.29, 1.82) is 0 Å². The van der Waals surface area contributed by atoms with Gasteiger partial charge >= 0.3 is 10.4 Å². The molecule has 1 heterocycles. The second kappa shape index (κ2) is 12.8. The van der Waals surface area contributed by atoms with Gasteiger partial charge in [0.1, 0.15) is 18.3 Å². The first-order valence-corrected chi connectivity index (χ1v) is 18.2. The van der Waals surface area contributed by atoms with E-state index in [1.165, 1.54) is 0 Å². The summed E-state index contributed by atoms with van der Waals surface area (Å²) in [6.07, 6.45) is -1.73. The molecule has 1 aliphatic heterocycles. The lowest BCUT2D eigenvalue weighted by Gasteiger charge is -2.66. The summed E-state index contributed by atoms with van der Waals surface area (Å²) >= 11 is 0. The highest BCUT2D eigenvalue weighted by molar-refractivity contribution is 7.80. The van der Waals surface area contributed by atoms with Gasteiger partial charge in [-0.2, -0.15) is 8.42 Å². The third kappa shape index (κ3) is 6.50. The van der Waals surface area contributed by atoms with E-state index in [0.29, 0.717) is 25.7 Å². The van der Waals surface area contributed by atoms with Crippen LogP contribution in [-0.2, 0) is 24.1 Å². The fraction of sp³-hybridized carbons (Fsp3) is 1.00. The summed E-state index contributed by atoms with van der Waals surface area (Å²) in [7, 11) is -4.74. The van der Waals surface area contributed by atoms with Gasteiger partial charge < -0.3 is 40.1 Å². The average molecular weight is 665 g/mol. The standard InChI is InChI=1S/C32H56O12S/c1-16(2)23(43-29-27(37)26(36)24(44-29)15-42-45(39,40)41)7-6-17(3)19-13-21(34)28-31(19,5)11-9-25-30(4)10-8-18(33)12-20(30)22(35)14-32(25,28)38/h16-29,33-38H,6-15H2,1-5H3,(H,39,40,41)/t17-,18+,19-,20?,21-,22+,23+,24-,25?,26-,27+,28?,29+,30+,31-,32+/m1/s1. The molecule has 4 aliphatic carbocycles. The molecular formula is C32H56O12S. The summed E-state index contributed by atoms with van der Waals surface area (Å²) in [5.74, 6) is -0.158. The van der Waals surface area contributed by atoms with Crippen molar-refractivity contribution in [3.8, 4) is 0 Å². The second-order valence-electron chi connectivity index (χ2n) is 16.0. The molecule has 1 saturated heterocycles. The van der Waals surface area contributed by atoms with Crippen LogP contribution in [0.1, 0.15) is 92.4 Å². The monoisotopic (exact) mass is 664 g/mol. The van der Waals surface area contributed by atoms with E-state index in [-0.39, 0.29) is 58.9 Å². The van der Waals surface area contributed by atoms with E-state index >= 15 is 0 Å². The lowest BCUT2D eigenvalue weighted by Crippen LogP contribution is -2.68. The molecule has 0 spiro atoms. The molecule has 0 aromatic rings. The molecule has 262 valence electrons. The van der Waals surface area contributed by atoms with Crippen LogP contribution < -0.4 is 0 Å². The first-order valence-electron chi connectivity index (χ1n) is 16.9. The smallest absolute Gasteiger partial charge is 0.393 e. The van der Waals surface area contributed by atoms with Gasteiger partial charge in [-0.15, -0.1) is 0 Å². The molecular weight excluding hydrogens is 608 g/mol. The van der Waals surface area contributed by atoms with Gasteiger partial charge in [-0.3, -0.25) is 4.55 Å². The zero-order valence-electron chi connectivity index (χ0n) is 27.2. The summed E-state index contributed by atoms with van der Waals surface area (Å²) in [5, 5.41) is 66.7. The van der Waals surface area contributed by atoms with E-state index in [1.807, 2.05) is 13.8 Å². The van der Waals surface area contributed by atoms with Gasteiger partial charge in [0.15, 0.2) is 6.29 Å². The van der Waals surface area contributed by atoms with Crippen LogP contribution in [-0.4, -0.2) is 105 Å². The molecule has 0 aromatic carbocycles. The third-order valence-corrected chi connectivity index (χ3v) is 13.5. The summed E-state index contributed by atoms with van der Waals surface area (Å²) in [6.45, 7) is 9.82. The van der Waals surface area contributed by atoms with Gasteiger partial charge in [0.2, 0.25) is 0 Å². The highest BCUT2D eigenvalue weighted by atomic mass is 32.3. The minimum atomic E-state index is -4.74. The SMILES string of the molecule is CC(C)[C@H](CC[C@@H](C)[C@H]1C[C@@H](O)C2[C@]3(O)C[C@H](O)C4C[C@@H](O)CC[C@]4(C)C3CC[C@@]21C)O[C@H]1O[C@H](COS(=O)(=O)O)[C@@H](O)[C@@H]1O. The molecule has 0 radical (unpaired) electrons. The zero-order chi connectivity index (χ0) is 33.3.